The zero-order valence-corrected chi connectivity index (χ0v) is 24.6. The average Bonchev–Trinajstić information content (AvgIpc) is 2.95. The first-order valence-electron chi connectivity index (χ1n) is 13.6. The van der Waals surface area contributed by atoms with Crippen molar-refractivity contribution in [1.29, 1.82) is 5.26 Å². The third kappa shape index (κ3) is 14.1. The van der Waals surface area contributed by atoms with Gasteiger partial charge in [0.1, 0.15) is 0 Å². The summed E-state index contributed by atoms with van der Waals surface area (Å²) in [6.45, 7) is 17.5. The molecule has 2 heteroatoms. The minimum absolute atomic E-state index is 0.235. The number of carbonyl (C=O) groups is 1. The SMILES string of the molecule is C=CC.CC(c1ccccc1)c1ccccc1.CCC/C(C)=C(\CC)C(C)=O.CCc1ccc(C#N)cc1. The second kappa shape index (κ2) is 21.4. The normalized spacial score (nSPS) is 10.2. The van der Waals surface area contributed by atoms with Gasteiger partial charge in [0.25, 0.3) is 0 Å². The molecule has 2 nitrogen and oxygen atoms in total. The lowest BCUT2D eigenvalue weighted by Crippen LogP contribution is -1.98. The molecular weight excluding hydrogens is 462 g/mol. The van der Waals surface area contributed by atoms with Gasteiger partial charge in [0, 0.05) is 5.92 Å². The molecule has 0 saturated heterocycles. The fraction of sp³-hybridized carbons (Fsp3) is 0.333. The summed E-state index contributed by atoms with van der Waals surface area (Å²) < 4.78 is 0. The summed E-state index contributed by atoms with van der Waals surface area (Å²) in [5, 5.41) is 8.45. The number of hydrogen-bond donors (Lipinski definition) is 0. The molecule has 3 rings (SSSR count). The van der Waals surface area contributed by atoms with Crippen LogP contribution in [0, 0.1) is 11.3 Å². The number of carbonyl (C=O) groups excluding carboxylic acids is 1. The highest BCUT2D eigenvalue weighted by molar-refractivity contribution is 5.93. The average molecular weight is 510 g/mol. The number of benzene rings is 3. The maximum atomic E-state index is 11.0. The van der Waals surface area contributed by atoms with Crippen LogP contribution in [0.4, 0.5) is 0 Å². The predicted molar refractivity (Wildman–Crippen MR) is 165 cm³/mol. The van der Waals surface area contributed by atoms with Crippen LogP contribution in [0.25, 0.3) is 0 Å². The van der Waals surface area contributed by atoms with Crippen molar-refractivity contribution in [1.82, 2.24) is 0 Å². The Kier molecular flexibility index (Phi) is 19.3. The van der Waals surface area contributed by atoms with E-state index in [0.29, 0.717) is 5.92 Å². The Bertz CT molecular complexity index is 1060. The number of ketones is 1. The molecular formula is C36H47NO. The fourth-order valence-corrected chi connectivity index (χ4v) is 3.87. The van der Waals surface area contributed by atoms with E-state index in [1.165, 1.54) is 22.3 Å². The predicted octanol–water partition coefficient (Wildman–Crippen LogP) is 10.3. The van der Waals surface area contributed by atoms with Crippen molar-refractivity contribution in [2.75, 3.05) is 0 Å². The monoisotopic (exact) mass is 509 g/mol. The number of aryl methyl sites for hydroxylation is 1. The van der Waals surface area contributed by atoms with Crippen molar-refractivity contribution >= 4 is 5.78 Å². The van der Waals surface area contributed by atoms with Crippen molar-refractivity contribution < 1.29 is 4.79 Å². The standard InChI is InChI=1S/C14H14.C10H18O.C9H9N.C3H6/c1-12(13-8-4-2-5-9-13)14-10-6-3-7-11-14;1-5-7-8(3)10(6-2)9(4)11;1-2-8-3-5-9(7-10)6-4-8;1-3-2/h2-12H,1H3;5-7H2,1-4H3;3-6H,2H2,1H3;3H,1H2,2H3/b;10-8+;;. The molecule has 0 aliphatic heterocycles. The first-order chi connectivity index (χ1) is 18.3. The van der Waals surface area contributed by atoms with Crippen molar-refractivity contribution in [2.24, 2.45) is 0 Å². The maximum Gasteiger partial charge on any atom is 0.155 e. The summed E-state index contributed by atoms with van der Waals surface area (Å²) in [6.07, 6.45) is 5.85. The van der Waals surface area contributed by atoms with Gasteiger partial charge in [-0.1, -0.05) is 119 Å². The molecule has 0 atom stereocenters. The van der Waals surface area contributed by atoms with Gasteiger partial charge < -0.3 is 0 Å². The van der Waals surface area contributed by atoms with Crippen LogP contribution in [0.15, 0.2) is 109 Å². The molecule has 0 radical (unpaired) electrons. The van der Waals surface area contributed by atoms with E-state index in [1.807, 2.05) is 38.1 Å². The molecule has 0 fully saturated rings. The highest BCUT2D eigenvalue weighted by atomic mass is 16.1. The molecule has 0 bridgehead atoms. The topological polar surface area (TPSA) is 40.9 Å². The van der Waals surface area contributed by atoms with Crippen LogP contribution in [0.2, 0.25) is 0 Å². The Hall–Kier alpha value is -3.70. The summed E-state index contributed by atoms with van der Waals surface area (Å²) in [5.41, 5.74) is 7.04. The number of hydrogen-bond acceptors (Lipinski definition) is 2. The summed E-state index contributed by atoms with van der Waals surface area (Å²) in [7, 11) is 0. The second-order valence-electron chi connectivity index (χ2n) is 9.03. The first-order valence-corrected chi connectivity index (χ1v) is 13.6. The van der Waals surface area contributed by atoms with Crippen LogP contribution in [0.3, 0.4) is 0 Å². The largest absolute Gasteiger partial charge is 0.295 e. The van der Waals surface area contributed by atoms with Gasteiger partial charge in [-0.3, -0.25) is 4.79 Å². The van der Waals surface area contributed by atoms with Gasteiger partial charge in [-0.15, -0.1) is 6.58 Å². The summed E-state index contributed by atoms with van der Waals surface area (Å²) in [6, 6.07) is 30.9. The van der Waals surface area contributed by atoms with E-state index in [-0.39, 0.29) is 5.78 Å². The lowest BCUT2D eigenvalue weighted by Gasteiger charge is -2.11. The van der Waals surface area contributed by atoms with Crippen molar-refractivity contribution in [3.05, 3.63) is 131 Å². The number of rotatable bonds is 7. The van der Waals surface area contributed by atoms with Crippen LogP contribution < -0.4 is 0 Å². The van der Waals surface area contributed by atoms with E-state index in [1.54, 1.807) is 13.0 Å². The number of Topliss-reactive ketones (excluding diaryl/α,β-unsaturated/α-hetero) is 1. The van der Waals surface area contributed by atoms with Gasteiger partial charge >= 0.3 is 0 Å². The molecule has 0 amide bonds. The molecule has 0 aliphatic carbocycles. The molecule has 3 aromatic rings. The molecule has 0 saturated carbocycles. The molecule has 3 aromatic carbocycles. The minimum Gasteiger partial charge on any atom is -0.295 e. The fourth-order valence-electron chi connectivity index (χ4n) is 3.87. The van der Waals surface area contributed by atoms with E-state index < -0.39 is 0 Å². The van der Waals surface area contributed by atoms with E-state index in [4.69, 9.17) is 5.26 Å². The third-order valence-electron chi connectivity index (χ3n) is 6.01. The van der Waals surface area contributed by atoms with Crippen LogP contribution in [-0.2, 0) is 11.2 Å². The summed E-state index contributed by atoms with van der Waals surface area (Å²) >= 11 is 0. The zero-order valence-electron chi connectivity index (χ0n) is 24.6. The van der Waals surface area contributed by atoms with Crippen molar-refractivity contribution in [3.63, 3.8) is 0 Å². The van der Waals surface area contributed by atoms with Crippen LogP contribution in [-0.4, -0.2) is 5.78 Å². The van der Waals surface area contributed by atoms with Gasteiger partial charge in [0.2, 0.25) is 0 Å². The molecule has 0 spiro atoms. The van der Waals surface area contributed by atoms with E-state index >= 15 is 0 Å². The van der Waals surface area contributed by atoms with Crippen LogP contribution in [0.1, 0.15) is 95.9 Å². The summed E-state index contributed by atoms with van der Waals surface area (Å²) in [4.78, 5) is 11.0. The molecule has 202 valence electrons. The van der Waals surface area contributed by atoms with Gasteiger partial charge in [0.05, 0.1) is 11.6 Å². The summed E-state index contributed by atoms with van der Waals surface area (Å²) in [5.74, 6) is 0.718. The molecule has 0 aliphatic rings. The smallest absolute Gasteiger partial charge is 0.155 e. The second-order valence-corrected chi connectivity index (χ2v) is 9.03. The lowest BCUT2D eigenvalue weighted by molar-refractivity contribution is -0.113. The number of nitrogens with zero attached hydrogens (tertiary/aromatic N) is 1. The number of nitriles is 1. The molecule has 0 aromatic heterocycles. The molecule has 0 heterocycles. The van der Waals surface area contributed by atoms with E-state index in [0.717, 1.165) is 36.8 Å². The van der Waals surface area contributed by atoms with Gasteiger partial charge in [-0.05, 0) is 74.4 Å². The number of allylic oxidation sites excluding steroid dienone is 3. The molecule has 38 heavy (non-hydrogen) atoms. The Morgan fingerprint density at radius 3 is 1.63 bits per heavy atom. The molecule has 0 unspecified atom stereocenters. The van der Waals surface area contributed by atoms with Gasteiger partial charge in [-0.2, -0.15) is 5.26 Å². The van der Waals surface area contributed by atoms with Crippen molar-refractivity contribution in [3.8, 4) is 6.07 Å². The van der Waals surface area contributed by atoms with Crippen LogP contribution in [0.5, 0.6) is 0 Å². The van der Waals surface area contributed by atoms with Crippen molar-refractivity contribution in [2.45, 2.75) is 80.1 Å². The Morgan fingerprint density at radius 1 is 0.868 bits per heavy atom. The highest BCUT2D eigenvalue weighted by Crippen LogP contribution is 2.23. The Balaban J connectivity index is 0.000000522. The molecule has 0 N–H and O–H groups in total. The van der Waals surface area contributed by atoms with Crippen LogP contribution >= 0.6 is 0 Å². The lowest BCUT2D eigenvalue weighted by atomic mass is 9.93. The minimum atomic E-state index is 0.235. The maximum absolute atomic E-state index is 11.0. The first kappa shape index (κ1) is 34.3. The quantitative estimate of drug-likeness (QED) is 0.235. The van der Waals surface area contributed by atoms with E-state index in [2.05, 4.69) is 101 Å². The van der Waals surface area contributed by atoms with Gasteiger partial charge in [0.15, 0.2) is 5.78 Å². The van der Waals surface area contributed by atoms with Gasteiger partial charge in [-0.25, -0.2) is 0 Å². The Morgan fingerprint density at radius 2 is 1.32 bits per heavy atom. The van der Waals surface area contributed by atoms with E-state index in [9.17, 15) is 4.79 Å². The zero-order chi connectivity index (χ0) is 28.8. The Labute approximate surface area is 232 Å². The highest BCUT2D eigenvalue weighted by Gasteiger charge is 2.06. The third-order valence-corrected chi connectivity index (χ3v) is 6.01.